The van der Waals surface area contributed by atoms with E-state index >= 15 is 0 Å². The van der Waals surface area contributed by atoms with Gasteiger partial charge in [0.25, 0.3) is 0 Å². The third-order valence-electron chi connectivity index (χ3n) is 5.44. The Balaban J connectivity index is 0.000000162. The summed E-state index contributed by atoms with van der Waals surface area (Å²) in [6.07, 6.45) is 7.92. The van der Waals surface area contributed by atoms with Crippen molar-refractivity contribution in [2.75, 3.05) is 19.0 Å². The molecule has 1 aliphatic heterocycles. The predicted molar refractivity (Wildman–Crippen MR) is 120 cm³/mol. The molecule has 3 aliphatic rings. The van der Waals surface area contributed by atoms with Crippen molar-refractivity contribution in [3.63, 3.8) is 0 Å². The minimum atomic E-state index is -0.436. The van der Waals surface area contributed by atoms with Crippen LogP contribution in [0.25, 0.3) is 0 Å². The number of benzene rings is 1. The lowest BCUT2D eigenvalue weighted by Crippen LogP contribution is -2.21. The molecule has 0 saturated carbocycles. The Morgan fingerprint density at radius 2 is 1.72 bits per heavy atom. The lowest BCUT2D eigenvalue weighted by molar-refractivity contribution is 0.112. The maximum Gasteiger partial charge on any atom is 0.316 e. The van der Waals surface area contributed by atoms with Gasteiger partial charge in [-0.1, -0.05) is 6.07 Å². The van der Waals surface area contributed by atoms with Gasteiger partial charge in [0.1, 0.15) is 0 Å². The number of hydrogen-bond acceptors (Lipinski definition) is 6. The number of amides is 2. The first-order valence-corrected chi connectivity index (χ1v) is 11.6. The summed E-state index contributed by atoms with van der Waals surface area (Å²) in [5.74, 6) is 0. The minimum absolute atomic E-state index is 0.436. The van der Waals surface area contributed by atoms with Crippen LogP contribution in [0.2, 0.25) is 0 Å². The molecule has 6 N–H and O–H groups in total. The summed E-state index contributed by atoms with van der Waals surface area (Å²) in [7, 11) is 1.00. The molecule has 5 rings (SSSR count). The van der Waals surface area contributed by atoms with Gasteiger partial charge in [0.15, 0.2) is 0 Å². The third kappa shape index (κ3) is 5.13. The average Bonchev–Trinajstić information content (AvgIpc) is 3.48. The number of fused-ring (bicyclic) bond motifs is 3. The van der Waals surface area contributed by atoms with Gasteiger partial charge in [-0.05, 0) is 84.4 Å². The van der Waals surface area contributed by atoms with Gasteiger partial charge in [-0.25, -0.2) is 4.79 Å². The zero-order chi connectivity index (χ0) is 20.8. The van der Waals surface area contributed by atoms with Crippen molar-refractivity contribution in [1.29, 1.82) is 0 Å². The summed E-state index contributed by atoms with van der Waals surface area (Å²) in [5, 5.41) is 15.3. The van der Waals surface area contributed by atoms with Crippen LogP contribution in [0.4, 0.5) is 10.5 Å². The Labute approximate surface area is 180 Å². The first-order chi connectivity index (χ1) is 14.2. The van der Waals surface area contributed by atoms with Crippen molar-refractivity contribution in [3.8, 4) is 0 Å². The van der Waals surface area contributed by atoms with E-state index in [-0.39, 0.29) is 0 Å². The number of carbonyl (C=O) groups excluding carboxylic acids is 1. The molecule has 0 fully saturated rings. The van der Waals surface area contributed by atoms with Gasteiger partial charge < -0.3 is 20.9 Å². The summed E-state index contributed by atoms with van der Waals surface area (Å²) in [4.78, 5) is 12.5. The van der Waals surface area contributed by atoms with E-state index in [1.807, 2.05) is 0 Å². The maximum atomic E-state index is 11.1. The molecular weight excluding hydrogens is 406 g/mol. The maximum absolute atomic E-state index is 11.1. The number of aliphatic hydroxyl groups is 1. The number of primary amides is 1. The monoisotopic (exact) mass is 435 g/mol. The van der Waals surface area contributed by atoms with Gasteiger partial charge in [0, 0.05) is 24.1 Å². The first-order valence-electron chi connectivity index (χ1n) is 9.89. The van der Waals surface area contributed by atoms with E-state index in [1.165, 1.54) is 61.7 Å². The number of aliphatic hydroxyl groups excluding tert-OH is 1. The van der Waals surface area contributed by atoms with Crippen LogP contribution in [0.1, 0.15) is 45.5 Å². The number of nitrogens with one attached hydrogen (secondary N) is 1. The Kier molecular flexibility index (Phi) is 7.97. The lowest BCUT2D eigenvalue weighted by atomic mass is 9.99. The highest BCUT2D eigenvalue weighted by Crippen LogP contribution is 2.38. The molecule has 0 saturated heterocycles. The van der Waals surface area contributed by atoms with Crippen LogP contribution in [-0.4, -0.2) is 24.9 Å². The van der Waals surface area contributed by atoms with E-state index in [9.17, 15) is 4.79 Å². The van der Waals surface area contributed by atoms with Gasteiger partial charge >= 0.3 is 6.03 Å². The number of rotatable bonds is 2. The molecule has 1 aromatic carbocycles. The largest absolute Gasteiger partial charge is 0.400 e. The lowest BCUT2D eigenvalue weighted by Gasteiger charge is -2.14. The summed E-state index contributed by atoms with van der Waals surface area (Å²) in [6, 6.07) is 4.04. The molecule has 158 valence electrons. The number of nitrogens with two attached hydrogens (primary N) is 2. The molecule has 2 heterocycles. The van der Waals surface area contributed by atoms with Crippen LogP contribution in [0.5, 0.6) is 0 Å². The fourth-order valence-electron chi connectivity index (χ4n) is 4.27. The number of carbonyl (C=O) groups is 1. The SMILES string of the molecule is CO.NC(=O)Nc1c2c(cc3c1CCC3)CCC2.NSc1cc2c(s1)CCOC2. The summed E-state index contributed by atoms with van der Waals surface area (Å²) in [6.45, 7) is 1.63. The molecule has 2 amide bonds. The smallest absolute Gasteiger partial charge is 0.316 e. The highest BCUT2D eigenvalue weighted by molar-refractivity contribution is 7.99. The van der Waals surface area contributed by atoms with Crippen molar-refractivity contribution < 1.29 is 14.6 Å². The van der Waals surface area contributed by atoms with Crippen LogP contribution in [-0.2, 0) is 43.4 Å². The van der Waals surface area contributed by atoms with Crippen LogP contribution in [0.3, 0.4) is 0 Å². The second kappa shape index (κ2) is 10.4. The van der Waals surface area contributed by atoms with E-state index in [4.69, 9.17) is 20.7 Å². The quantitative estimate of drug-likeness (QED) is 0.539. The standard InChI is InChI=1S/C13H16N2O.C7H9NOS2.CH4O/c14-13(16)15-12-10-5-1-3-8(10)7-9-4-2-6-11(9)12;8-11-7-3-5-4-9-2-1-6(5)10-7;1-2/h7H,1-6H2,(H3,14,15,16);3H,1-2,4,8H2;2H,1H3. The summed E-state index contributed by atoms with van der Waals surface area (Å²) < 4.78 is 6.51. The van der Waals surface area contributed by atoms with Gasteiger partial charge in [0.05, 0.1) is 17.4 Å². The fourth-order valence-corrected chi connectivity index (χ4v) is 5.85. The number of hydrogen-bond donors (Lipinski definition) is 4. The zero-order valence-electron chi connectivity index (χ0n) is 16.8. The first kappa shape index (κ1) is 22.1. The molecule has 2 aromatic rings. The minimum Gasteiger partial charge on any atom is -0.400 e. The summed E-state index contributed by atoms with van der Waals surface area (Å²) >= 11 is 3.12. The van der Waals surface area contributed by atoms with E-state index in [2.05, 4.69) is 17.4 Å². The zero-order valence-corrected chi connectivity index (χ0v) is 18.4. The molecule has 8 heteroatoms. The Morgan fingerprint density at radius 3 is 2.28 bits per heavy atom. The number of aryl methyl sites for hydroxylation is 2. The summed E-state index contributed by atoms with van der Waals surface area (Å²) in [5.41, 5.74) is 13.1. The van der Waals surface area contributed by atoms with Crippen LogP contribution in [0, 0.1) is 0 Å². The molecule has 0 radical (unpaired) electrons. The van der Waals surface area contributed by atoms with Crippen molar-refractivity contribution in [2.24, 2.45) is 10.9 Å². The van der Waals surface area contributed by atoms with Crippen LogP contribution < -0.4 is 16.2 Å². The highest BCUT2D eigenvalue weighted by Gasteiger charge is 2.24. The van der Waals surface area contributed by atoms with E-state index < -0.39 is 6.03 Å². The number of ether oxygens (including phenoxy) is 1. The highest BCUT2D eigenvalue weighted by atomic mass is 32.2. The Morgan fingerprint density at radius 1 is 1.07 bits per heavy atom. The van der Waals surface area contributed by atoms with Gasteiger partial charge in [-0.2, -0.15) is 0 Å². The molecule has 6 nitrogen and oxygen atoms in total. The van der Waals surface area contributed by atoms with Gasteiger partial charge in [-0.3, -0.25) is 5.14 Å². The number of anilines is 1. The normalized spacial score (nSPS) is 15.8. The molecule has 0 atom stereocenters. The van der Waals surface area contributed by atoms with E-state index in [0.717, 1.165) is 58.1 Å². The number of urea groups is 1. The predicted octanol–water partition coefficient (Wildman–Crippen LogP) is 3.55. The second-order valence-electron chi connectivity index (χ2n) is 7.16. The van der Waals surface area contributed by atoms with Crippen molar-refractivity contribution in [1.82, 2.24) is 0 Å². The third-order valence-corrected chi connectivity index (χ3v) is 7.36. The van der Waals surface area contributed by atoms with Gasteiger partial charge in [0.2, 0.25) is 0 Å². The molecule has 29 heavy (non-hydrogen) atoms. The molecule has 0 unspecified atom stereocenters. The Bertz CT molecular complexity index is 812. The van der Waals surface area contributed by atoms with Gasteiger partial charge in [-0.15, -0.1) is 11.3 Å². The second-order valence-corrected chi connectivity index (χ2v) is 9.23. The van der Waals surface area contributed by atoms with E-state index in [0.29, 0.717) is 0 Å². The fraction of sp³-hybridized carbons (Fsp3) is 0.476. The molecule has 0 bridgehead atoms. The molecule has 0 spiro atoms. The average molecular weight is 436 g/mol. The molecule has 1 aromatic heterocycles. The topological polar surface area (TPSA) is 111 Å². The molecule has 2 aliphatic carbocycles. The number of thiophene rings is 1. The van der Waals surface area contributed by atoms with Crippen molar-refractivity contribution in [2.45, 2.75) is 55.8 Å². The Hall–Kier alpha value is -1.58. The van der Waals surface area contributed by atoms with Crippen LogP contribution >= 0.6 is 23.3 Å². The van der Waals surface area contributed by atoms with E-state index in [1.54, 1.807) is 11.3 Å². The van der Waals surface area contributed by atoms with Crippen molar-refractivity contribution in [3.05, 3.63) is 44.8 Å². The molecular formula is C21H29N3O3S2. The van der Waals surface area contributed by atoms with Crippen molar-refractivity contribution >= 4 is 35.0 Å². The van der Waals surface area contributed by atoms with Crippen LogP contribution in [0.15, 0.2) is 16.3 Å².